The summed E-state index contributed by atoms with van der Waals surface area (Å²) < 4.78 is 17.2. The number of hydrogen-bond donors (Lipinski definition) is 2. The van der Waals surface area contributed by atoms with Crippen molar-refractivity contribution in [2.75, 3.05) is 26.4 Å². The van der Waals surface area contributed by atoms with E-state index in [-0.39, 0.29) is 73.9 Å². The minimum atomic E-state index is -1.06. The average Bonchev–Trinajstić information content (AvgIpc) is 3.95. The lowest BCUT2D eigenvalue weighted by Crippen LogP contribution is -2.54. The van der Waals surface area contributed by atoms with E-state index < -0.39 is 29.7 Å². The molecule has 0 radical (unpaired) electrons. The van der Waals surface area contributed by atoms with E-state index in [1.54, 1.807) is 48.5 Å². The fourth-order valence-corrected chi connectivity index (χ4v) is 6.38. The zero-order valence-electron chi connectivity index (χ0n) is 29.0. The summed E-state index contributed by atoms with van der Waals surface area (Å²) in [5, 5.41) is 5.21. The predicted octanol–water partition coefficient (Wildman–Crippen LogP) is 4.66. The van der Waals surface area contributed by atoms with Gasteiger partial charge in [0.2, 0.25) is 11.8 Å². The second-order valence-corrected chi connectivity index (χ2v) is 13.1. The quantitative estimate of drug-likeness (QED) is 0.108. The van der Waals surface area contributed by atoms with Gasteiger partial charge in [-0.15, -0.1) is 0 Å². The van der Waals surface area contributed by atoms with Gasteiger partial charge in [-0.3, -0.25) is 39.0 Å². The van der Waals surface area contributed by atoms with Crippen molar-refractivity contribution in [1.29, 1.82) is 0 Å². The van der Waals surface area contributed by atoms with Crippen LogP contribution < -0.4 is 20.1 Å². The predicted molar refractivity (Wildman–Crippen MR) is 192 cm³/mol. The molecule has 4 aromatic carbocycles. The molecule has 2 aliphatic heterocycles. The fraction of sp³-hybridized carbons (Fsp3) is 0.268. The van der Waals surface area contributed by atoms with E-state index in [2.05, 4.69) is 10.6 Å². The van der Waals surface area contributed by atoms with Crippen molar-refractivity contribution >= 4 is 35.3 Å². The molecular formula is C41H37N3O9. The topological polar surface area (TPSA) is 157 Å². The van der Waals surface area contributed by atoms with Crippen LogP contribution in [0, 0.1) is 6.92 Å². The van der Waals surface area contributed by atoms with Crippen LogP contribution in [0.4, 0.5) is 0 Å². The zero-order valence-corrected chi connectivity index (χ0v) is 29.0. The first-order valence-electron chi connectivity index (χ1n) is 17.5. The van der Waals surface area contributed by atoms with Gasteiger partial charge in [0, 0.05) is 29.2 Å². The number of carbonyl (C=O) groups is 6. The van der Waals surface area contributed by atoms with Gasteiger partial charge in [0.1, 0.15) is 30.8 Å². The lowest BCUT2D eigenvalue weighted by atomic mass is 9.95. The minimum absolute atomic E-state index is 0.0376. The molecule has 7 rings (SSSR count). The Morgan fingerprint density at radius 2 is 1.43 bits per heavy atom. The van der Waals surface area contributed by atoms with Crippen LogP contribution in [0.25, 0.3) is 11.1 Å². The fourth-order valence-electron chi connectivity index (χ4n) is 6.38. The number of benzene rings is 4. The Bertz CT molecular complexity index is 2110. The summed E-state index contributed by atoms with van der Waals surface area (Å²) in [6, 6.07) is 23.8. The van der Waals surface area contributed by atoms with E-state index in [9.17, 15) is 28.8 Å². The number of fused-ring (bicyclic) bond motifs is 1. The molecule has 2 fully saturated rings. The number of ether oxygens (including phenoxy) is 3. The molecule has 270 valence electrons. The number of carbonyl (C=O) groups excluding carboxylic acids is 6. The highest BCUT2D eigenvalue weighted by Gasteiger charge is 2.46. The first-order chi connectivity index (χ1) is 25.7. The molecule has 12 nitrogen and oxygen atoms in total. The van der Waals surface area contributed by atoms with Crippen molar-refractivity contribution in [3.8, 4) is 22.6 Å². The number of piperidine rings is 1. The van der Waals surface area contributed by atoms with E-state index in [4.69, 9.17) is 14.2 Å². The van der Waals surface area contributed by atoms with E-state index >= 15 is 0 Å². The van der Waals surface area contributed by atoms with Crippen molar-refractivity contribution < 1.29 is 43.0 Å². The molecule has 0 aromatic heterocycles. The number of amides is 5. The molecule has 12 heteroatoms. The number of ketones is 1. The van der Waals surface area contributed by atoms with Gasteiger partial charge in [-0.25, -0.2) is 0 Å². The van der Waals surface area contributed by atoms with Crippen LogP contribution in [0.5, 0.6) is 11.5 Å². The molecule has 1 saturated carbocycles. The molecule has 1 atom stereocenters. The molecule has 1 aliphatic carbocycles. The molecule has 5 amide bonds. The number of nitrogens with zero attached hydrogens (tertiary/aromatic N) is 1. The van der Waals surface area contributed by atoms with Gasteiger partial charge in [-0.2, -0.15) is 0 Å². The smallest absolute Gasteiger partial charge is 0.266 e. The average molecular weight is 716 g/mol. The first kappa shape index (κ1) is 35.3. The minimum Gasteiger partial charge on any atom is -0.491 e. The number of rotatable bonds is 14. The van der Waals surface area contributed by atoms with Crippen LogP contribution in [0.3, 0.4) is 0 Å². The zero-order chi connectivity index (χ0) is 37.1. The van der Waals surface area contributed by atoms with Crippen LogP contribution in [-0.2, 0) is 14.3 Å². The van der Waals surface area contributed by atoms with Gasteiger partial charge in [-0.1, -0.05) is 36.4 Å². The summed E-state index contributed by atoms with van der Waals surface area (Å²) in [7, 11) is 0. The van der Waals surface area contributed by atoms with E-state index in [0.717, 1.165) is 34.4 Å². The maximum atomic E-state index is 13.2. The standard InChI is InChI=1S/C41H37N3O9/c1-24-5-6-28(38(47)42-29-13-14-29)23-32(24)25-7-9-26(10-8-25)37(46)27-11-15-30(16-12-27)52-21-19-51-20-22-53-34-4-2-3-31-36(34)41(50)44(40(31)49)33-17-18-35(45)43-39(33)48/h2-12,15-16,23,29,33H,13-14,17-22H2,1H3,(H,42,47)(H,43,45,48). The monoisotopic (exact) mass is 715 g/mol. The van der Waals surface area contributed by atoms with Gasteiger partial charge in [0.15, 0.2) is 5.78 Å². The second kappa shape index (κ2) is 15.2. The van der Waals surface area contributed by atoms with Crippen molar-refractivity contribution in [3.05, 3.63) is 118 Å². The molecule has 1 saturated heterocycles. The molecule has 1 unspecified atom stereocenters. The molecule has 0 bridgehead atoms. The van der Waals surface area contributed by atoms with Crippen molar-refractivity contribution in [3.63, 3.8) is 0 Å². The summed E-state index contributed by atoms with van der Waals surface area (Å²) in [4.78, 5) is 76.7. The highest BCUT2D eigenvalue weighted by molar-refractivity contribution is 6.24. The van der Waals surface area contributed by atoms with Gasteiger partial charge in [0.25, 0.3) is 17.7 Å². The molecule has 53 heavy (non-hydrogen) atoms. The van der Waals surface area contributed by atoms with Gasteiger partial charge in [-0.05, 0) is 91.4 Å². The molecule has 2 N–H and O–H groups in total. The number of imide groups is 2. The largest absolute Gasteiger partial charge is 0.491 e. The van der Waals surface area contributed by atoms with Crippen molar-refractivity contribution in [2.24, 2.45) is 0 Å². The van der Waals surface area contributed by atoms with E-state index in [0.29, 0.717) is 22.4 Å². The Morgan fingerprint density at radius 3 is 2.13 bits per heavy atom. The van der Waals surface area contributed by atoms with Gasteiger partial charge in [0.05, 0.1) is 24.3 Å². The van der Waals surface area contributed by atoms with Crippen LogP contribution in [0.15, 0.2) is 84.9 Å². The van der Waals surface area contributed by atoms with Crippen molar-refractivity contribution in [1.82, 2.24) is 15.5 Å². The normalized spacial score (nSPS) is 16.6. The highest BCUT2D eigenvalue weighted by Crippen LogP contribution is 2.34. The lowest BCUT2D eigenvalue weighted by molar-refractivity contribution is -0.136. The maximum absolute atomic E-state index is 13.2. The summed E-state index contributed by atoms with van der Waals surface area (Å²) in [5.74, 6) is -1.78. The maximum Gasteiger partial charge on any atom is 0.266 e. The molecule has 2 heterocycles. The van der Waals surface area contributed by atoms with Crippen LogP contribution in [0.1, 0.15) is 78.2 Å². The Hall–Kier alpha value is -6.14. The third kappa shape index (κ3) is 7.73. The third-order valence-electron chi connectivity index (χ3n) is 9.40. The summed E-state index contributed by atoms with van der Waals surface area (Å²) in [5.41, 5.74) is 4.80. The summed E-state index contributed by atoms with van der Waals surface area (Å²) in [6.45, 7) is 2.76. The van der Waals surface area contributed by atoms with Crippen LogP contribution in [0.2, 0.25) is 0 Å². The Balaban J connectivity index is 0.856. The SMILES string of the molecule is Cc1ccc(C(=O)NC2CC2)cc1-c1ccc(C(=O)c2ccc(OCCOCCOc3cccc4c3C(=O)N(C3CCC(=O)NC3=O)C4=O)cc2)cc1. The van der Waals surface area contributed by atoms with E-state index in [1.165, 1.54) is 6.07 Å². The third-order valence-corrected chi connectivity index (χ3v) is 9.40. The number of nitrogens with one attached hydrogen (secondary N) is 2. The summed E-state index contributed by atoms with van der Waals surface area (Å²) in [6.07, 6.45) is 2.16. The lowest BCUT2D eigenvalue weighted by Gasteiger charge is -2.27. The van der Waals surface area contributed by atoms with Crippen molar-refractivity contribution in [2.45, 2.75) is 44.7 Å². The van der Waals surface area contributed by atoms with Crippen LogP contribution in [-0.4, -0.2) is 78.7 Å². The van der Waals surface area contributed by atoms with E-state index in [1.807, 2.05) is 37.3 Å². The van der Waals surface area contributed by atoms with Gasteiger partial charge < -0.3 is 19.5 Å². The summed E-state index contributed by atoms with van der Waals surface area (Å²) >= 11 is 0. The Labute approximate surface area is 305 Å². The number of hydrogen-bond acceptors (Lipinski definition) is 9. The highest BCUT2D eigenvalue weighted by atomic mass is 16.5. The molecule has 0 spiro atoms. The second-order valence-electron chi connectivity index (χ2n) is 13.1. The Kier molecular flexibility index (Phi) is 10.1. The number of aryl methyl sites for hydroxylation is 1. The molecular weight excluding hydrogens is 678 g/mol. The molecule has 4 aromatic rings. The Morgan fingerprint density at radius 1 is 0.755 bits per heavy atom. The van der Waals surface area contributed by atoms with Gasteiger partial charge >= 0.3 is 0 Å². The molecule has 3 aliphatic rings. The first-order valence-corrected chi connectivity index (χ1v) is 17.5. The van der Waals surface area contributed by atoms with Crippen LogP contribution >= 0.6 is 0 Å².